The lowest BCUT2D eigenvalue weighted by Gasteiger charge is -2.17. The van der Waals surface area contributed by atoms with Gasteiger partial charge < -0.3 is 16.3 Å². The zero-order chi connectivity index (χ0) is 15.1. The van der Waals surface area contributed by atoms with Crippen LogP contribution >= 0.6 is 0 Å². The van der Waals surface area contributed by atoms with Crippen molar-refractivity contribution in [2.24, 2.45) is 10.9 Å². The minimum atomic E-state index is 0.173. The minimum Gasteiger partial charge on any atom is -0.409 e. The molecule has 2 rings (SSSR count). The molecule has 0 radical (unpaired) electrons. The predicted octanol–water partition coefficient (Wildman–Crippen LogP) is 1.88. The average molecular weight is 287 g/mol. The molecule has 0 saturated carbocycles. The number of nitrogens with one attached hydrogen (secondary N) is 1. The molecular formula is C15H21N5O. The minimum absolute atomic E-state index is 0.173. The molecule has 0 aliphatic carbocycles. The van der Waals surface area contributed by atoms with Crippen LogP contribution in [0.3, 0.4) is 0 Å². The summed E-state index contributed by atoms with van der Waals surface area (Å²) in [6, 6.07) is 10.2. The third-order valence-corrected chi connectivity index (χ3v) is 3.40. The van der Waals surface area contributed by atoms with Crippen molar-refractivity contribution in [1.82, 2.24) is 15.1 Å². The van der Waals surface area contributed by atoms with Crippen molar-refractivity contribution in [3.8, 4) is 5.69 Å². The topological polar surface area (TPSA) is 88.5 Å². The maximum atomic E-state index is 8.66. The molecule has 1 aromatic carbocycles. The normalized spacial score (nSPS) is 13.3. The summed E-state index contributed by atoms with van der Waals surface area (Å²) in [6.07, 6.45) is 5.11. The monoisotopic (exact) mass is 287 g/mol. The fourth-order valence-corrected chi connectivity index (χ4v) is 2.20. The second kappa shape index (κ2) is 7.44. The number of oxime groups is 1. The van der Waals surface area contributed by atoms with Crippen molar-refractivity contribution < 1.29 is 5.21 Å². The summed E-state index contributed by atoms with van der Waals surface area (Å²) in [7, 11) is 0. The van der Waals surface area contributed by atoms with Gasteiger partial charge in [-0.2, -0.15) is 5.10 Å². The Bertz CT molecular complexity index is 580. The van der Waals surface area contributed by atoms with Crippen LogP contribution < -0.4 is 11.1 Å². The van der Waals surface area contributed by atoms with E-state index in [1.54, 1.807) is 6.20 Å². The van der Waals surface area contributed by atoms with E-state index < -0.39 is 0 Å². The van der Waals surface area contributed by atoms with Gasteiger partial charge in [0.25, 0.3) is 0 Å². The number of hydrogen-bond donors (Lipinski definition) is 3. The first kappa shape index (κ1) is 15.1. The van der Waals surface area contributed by atoms with E-state index in [1.165, 1.54) is 0 Å². The van der Waals surface area contributed by atoms with Crippen LogP contribution in [0.2, 0.25) is 0 Å². The Balaban J connectivity index is 2.06. The van der Waals surface area contributed by atoms with E-state index in [4.69, 9.17) is 10.9 Å². The third-order valence-electron chi connectivity index (χ3n) is 3.40. The SMILES string of the molecule is CCC(CC(N)=NO)NCc1ccccc1-n1cccn1. The van der Waals surface area contributed by atoms with Crippen LogP contribution in [0.5, 0.6) is 0 Å². The maximum absolute atomic E-state index is 8.66. The van der Waals surface area contributed by atoms with Gasteiger partial charge in [0.2, 0.25) is 0 Å². The van der Waals surface area contributed by atoms with Crippen LogP contribution in [0.25, 0.3) is 5.69 Å². The standard InChI is InChI=1S/C15H21N5O/c1-2-13(10-15(16)19-21)17-11-12-6-3-4-7-14(12)20-9-5-8-18-20/h3-9,13,17,21H,2,10-11H2,1H3,(H2,16,19). The van der Waals surface area contributed by atoms with Crippen molar-refractivity contribution in [2.75, 3.05) is 0 Å². The van der Waals surface area contributed by atoms with Crippen molar-refractivity contribution in [2.45, 2.75) is 32.4 Å². The molecular weight excluding hydrogens is 266 g/mol. The molecule has 112 valence electrons. The zero-order valence-electron chi connectivity index (χ0n) is 12.1. The molecule has 1 aromatic heterocycles. The van der Waals surface area contributed by atoms with Crippen molar-refractivity contribution in [3.05, 3.63) is 48.3 Å². The number of nitrogens with two attached hydrogens (primary N) is 1. The smallest absolute Gasteiger partial charge is 0.140 e. The Morgan fingerprint density at radius 3 is 2.90 bits per heavy atom. The Kier molecular flexibility index (Phi) is 5.34. The Morgan fingerprint density at radius 2 is 2.24 bits per heavy atom. The molecule has 0 aliphatic heterocycles. The molecule has 0 spiro atoms. The van der Waals surface area contributed by atoms with E-state index in [0.717, 1.165) is 17.7 Å². The molecule has 2 aromatic rings. The molecule has 0 saturated heterocycles. The van der Waals surface area contributed by atoms with Crippen LogP contribution in [-0.2, 0) is 6.54 Å². The summed E-state index contributed by atoms with van der Waals surface area (Å²) < 4.78 is 1.85. The van der Waals surface area contributed by atoms with Crippen LogP contribution in [0.4, 0.5) is 0 Å². The van der Waals surface area contributed by atoms with Gasteiger partial charge in [0.1, 0.15) is 5.84 Å². The van der Waals surface area contributed by atoms with Gasteiger partial charge in [-0.15, -0.1) is 0 Å². The lowest BCUT2D eigenvalue weighted by atomic mass is 10.1. The van der Waals surface area contributed by atoms with Gasteiger partial charge >= 0.3 is 0 Å². The number of benzene rings is 1. The van der Waals surface area contributed by atoms with Gasteiger partial charge in [-0.25, -0.2) is 4.68 Å². The number of hydrogen-bond acceptors (Lipinski definition) is 4. The molecule has 6 nitrogen and oxygen atoms in total. The summed E-state index contributed by atoms with van der Waals surface area (Å²) in [5.74, 6) is 0.245. The first-order chi connectivity index (χ1) is 10.2. The molecule has 1 atom stereocenters. The van der Waals surface area contributed by atoms with E-state index in [2.05, 4.69) is 28.6 Å². The first-order valence-corrected chi connectivity index (χ1v) is 7.02. The fraction of sp³-hybridized carbons (Fsp3) is 0.333. The highest BCUT2D eigenvalue weighted by Gasteiger charge is 2.10. The molecule has 1 heterocycles. The summed E-state index contributed by atoms with van der Waals surface area (Å²) >= 11 is 0. The fourth-order valence-electron chi connectivity index (χ4n) is 2.20. The first-order valence-electron chi connectivity index (χ1n) is 7.02. The number of amidine groups is 1. The summed E-state index contributed by atoms with van der Waals surface area (Å²) in [5, 5.41) is 19.4. The lowest BCUT2D eigenvalue weighted by molar-refractivity contribution is 0.315. The molecule has 6 heteroatoms. The predicted molar refractivity (Wildman–Crippen MR) is 82.5 cm³/mol. The highest BCUT2D eigenvalue weighted by atomic mass is 16.4. The highest BCUT2D eigenvalue weighted by molar-refractivity contribution is 5.80. The van der Waals surface area contributed by atoms with Gasteiger partial charge in [-0.1, -0.05) is 30.3 Å². The van der Waals surface area contributed by atoms with Gasteiger partial charge in [0.05, 0.1) is 5.69 Å². The van der Waals surface area contributed by atoms with E-state index >= 15 is 0 Å². The second-order valence-electron chi connectivity index (χ2n) is 4.86. The summed E-state index contributed by atoms with van der Waals surface area (Å²) in [4.78, 5) is 0. The zero-order valence-corrected chi connectivity index (χ0v) is 12.1. The van der Waals surface area contributed by atoms with Crippen molar-refractivity contribution >= 4 is 5.84 Å². The maximum Gasteiger partial charge on any atom is 0.140 e. The van der Waals surface area contributed by atoms with Crippen LogP contribution in [0.1, 0.15) is 25.3 Å². The average Bonchev–Trinajstić information content (AvgIpc) is 3.05. The van der Waals surface area contributed by atoms with Crippen molar-refractivity contribution in [1.29, 1.82) is 0 Å². The molecule has 0 bridgehead atoms. The Hall–Kier alpha value is -2.34. The van der Waals surface area contributed by atoms with Gasteiger partial charge in [0, 0.05) is 31.4 Å². The molecule has 1 unspecified atom stereocenters. The summed E-state index contributed by atoms with van der Waals surface area (Å²) in [6.45, 7) is 2.77. The van der Waals surface area contributed by atoms with E-state index in [-0.39, 0.29) is 11.9 Å². The van der Waals surface area contributed by atoms with Gasteiger partial charge in [-0.3, -0.25) is 0 Å². The third kappa shape index (κ3) is 4.06. The number of rotatable bonds is 7. The quantitative estimate of drug-likeness (QED) is 0.314. The number of para-hydroxylation sites is 1. The van der Waals surface area contributed by atoms with E-state index in [9.17, 15) is 0 Å². The second-order valence-corrected chi connectivity index (χ2v) is 4.86. The van der Waals surface area contributed by atoms with Crippen LogP contribution in [-0.4, -0.2) is 26.9 Å². The number of nitrogens with zero attached hydrogens (tertiary/aromatic N) is 3. The van der Waals surface area contributed by atoms with Gasteiger partial charge in [-0.05, 0) is 24.1 Å². The largest absolute Gasteiger partial charge is 0.409 e. The molecule has 0 amide bonds. The highest BCUT2D eigenvalue weighted by Crippen LogP contribution is 2.13. The molecule has 0 fully saturated rings. The number of aromatic nitrogens is 2. The van der Waals surface area contributed by atoms with Crippen LogP contribution in [0, 0.1) is 0 Å². The van der Waals surface area contributed by atoms with Crippen molar-refractivity contribution in [3.63, 3.8) is 0 Å². The molecule has 21 heavy (non-hydrogen) atoms. The van der Waals surface area contributed by atoms with E-state index in [1.807, 2.05) is 35.1 Å². The summed E-state index contributed by atoms with van der Waals surface area (Å²) in [5.41, 5.74) is 7.77. The lowest BCUT2D eigenvalue weighted by Crippen LogP contribution is -2.33. The van der Waals surface area contributed by atoms with Gasteiger partial charge in [0.15, 0.2) is 0 Å². The van der Waals surface area contributed by atoms with Crippen LogP contribution in [0.15, 0.2) is 47.9 Å². The Labute approximate surface area is 124 Å². The molecule has 4 N–H and O–H groups in total. The Morgan fingerprint density at radius 1 is 1.43 bits per heavy atom. The molecule has 0 aliphatic rings. The van der Waals surface area contributed by atoms with E-state index in [0.29, 0.717) is 13.0 Å².